The van der Waals surface area contributed by atoms with Crippen molar-refractivity contribution in [2.75, 3.05) is 0 Å². The number of oxazole rings is 1. The Labute approximate surface area is 156 Å². The second-order valence-corrected chi connectivity index (χ2v) is 7.68. The van der Waals surface area contributed by atoms with E-state index >= 15 is 0 Å². The van der Waals surface area contributed by atoms with E-state index < -0.39 is 0 Å². The summed E-state index contributed by atoms with van der Waals surface area (Å²) in [5, 5.41) is 3.22. The van der Waals surface area contributed by atoms with Crippen LogP contribution in [0.15, 0.2) is 28.7 Å². The first-order valence-electron chi connectivity index (χ1n) is 9.85. The standard InChI is InChI=1S/C22H30N2O2/c1-15-11-13-18(14-12-15)22-24-20(17(3)26-22)9-6-10-21(25)23-19-8-5-4-7-16(19)2/h11-14,16,19H,4-10H2,1-3H3,(H,23,25). The molecule has 2 unspecified atom stereocenters. The number of carbonyl (C=O) groups excluding carboxylic acids is 1. The molecule has 1 amide bonds. The maximum atomic E-state index is 12.2. The highest BCUT2D eigenvalue weighted by atomic mass is 16.4. The van der Waals surface area contributed by atoms with Gasteiger partial charge >= 0.3 is 0 Å². The topological polar surface area (TPSA) is 55.1 Å². The first kappa shape index (κ1) is 18.7. The van der Waals surface area contributed by atoms with E-state index in [2.05, 4.69) is 36.3 Å². The van der Waals surface area contributed by atoms with Crippen molar-refractivity contribution in [3.05, 3.63) is 41.3 Å². The molecule has 2 atom stereocenters. The van der Waals surface area contributed by atoms with Gasteiger partial charge in [-0.1, -0.05) is 37.5 Å². The van der Waals surface area contributed by atoms with E-state index in [-0.39, 0.29) is 5.91 Å². The molecule has 3 rings (SSSR count). The van der Waals surface area contributed by atoms with E-state index in [9.17, 15) is 4.79 Å². The Kier molecular flexibility index (Phi) is 6.12. The van der Waals surface area contributed by atoms with E-state index in [1.807, 2.05) is 19.1 Å². The minimum Gasteiger partial charge on any atom is -0.441 e. The van der Waals surface area contributed by atoms with Gasteiger partial charge in [-0.3, -0.25) is 4.79 Å². The third-order valence-corrected chi connectivity index (χ3v) is 5.47. The van der Waals surface area contributed by atoms with Crippen molar-refractivity contribution in [1.82, 2.24) is 10.3 Å². The summed E-state index contributed by atoms with van der Waals surface area (Å²) in [4.78, 5) is 16.9. The summed E-state index contributed by atoms with van der Waals surface area (Å²) in [6.45, 7) is 6.26. The van der Waals surface area contributed by atoms with Crippen LogP contribution in [0.5, 0.6) is 0 Å². The quantitative estimate of drug-likeness (QED) is 0.796. The molecule has 26 heavy (non-hydrogen) atoms. The zero-order valence-corrected chi connectivity index (χ0v) is 16.2. The van der Waals surface area contributed by atoms with Crippen LogP contribution in [0.25, 0.3) is 11.5 Å². The predicted molar refractivity (Wildman–Crippen MR) is 104 cm³/mol. The summed E-state index contributed by atoms with van der Waals surface area (Å²) in [5.74, 6) is 2.28. The lowest BCUT2D eigenvalue weighted by molar-refractivity contribution is -0.122. The van der Waals surface area contributed by atoms with Crippen LogP contribution < -0.4 is 5.32 Å². The average Bonchev–Trinajstić information content (AvgIpc) is 2.98. The van der Waals surface area contributed by atoms with Gasteiger partial charge in [0.2, 0.25) is 11.8 Å². The largest absolute Gasteiger partial charge is 0.441 e. The number of hydrogen-bond acceptors (Lipinski definition) is 3. The highest BCUT2D eigenvalue weighted by Crippen LogP contribution is 2.25. The van der Waals surface area contributed by atoms with Crippen molar-refractivity contribution in [3.8, 4) is 11.5 Å². The Morgan fingerprint density at radius 3 is 2.65 bits per heavy atom. The van der Waals surface area contributed by atoms with Gasteiger partial charge in [-0.05, 0) is 57.6 Å². The second kappa shape index (κ2) is 8.52. The molecule has 1 aromatic heterocycles. The number of aryl methyl sites for hydroxylation is 3. The van der Waals surface area contributed by atoms with E-state index in [0.717, 1.165) is 36.3 Å². The molecule has 1 saturated carbocycles. The smallest absolute Gasteiger partial charge is 0.226 e. The van der Waals surface area contributed by atoms with Gasteiger partial charge in [-0.2, -0.15) is 0 Å². The van der Waals surface area contributed by atoms with Crippen LogP contribution in [0, 0.1) is 19.8 Å². The van der Waals surface area contributed by atoms with Crippen molar-refractivity contribution >= 4 is 5.91 Å². The van der Waals surface area contributed by atoms with Gasteiger partial charge in [0, 0.05) is 18.0 Å². The molecule has 140 valence electrons. The Balaban J connectivity index is 1.50. The second-order valence-electron chi connectivity index (χ2n) is 7.68. The molecule has 0 radical (unpaired) electrons. The van der Waals surface area contributed by atoms with Crippen LogP contribution in [0.3, 0.4) is 0 Å². The van der Waals surface area contributed by atoms with Crippen molar-refractivity contribution in [2.24, 2.45) is 5.92 Å². The number of aromatic nitrogens is 1. The number of benzene rings is 1. The number of hydrogen-bond donors (Lipinski definition) is 1. The van der Waals surface area contributed by atoms with Gasteiger partial charge in [0.15, 0.2) is 0 Å². The molecule has 2 aromatic rings. The Morgan fingerprint density at radius 1 is 1.19 bits per heavy atom. The lowest BCUT2D eigenvalue weighted by atomic mass is 9.86. The van der Waals surface area contributed by atoms with Crippen LogP contribution in [0.1, 0.15) is 62.5 Å². The van der Waals surface area contributed by atoms with Crippen molar-refractivity contribution < 1.29 is 9.21 Å². The molecule has 4 nitrogen and oxygen atoms in total. The van der Waals surface area contributed by atoms with E-state index in [1.165, 1.54) is 24.8 Å². The maximum absolute atomic E-state index is 12.2. The fourth-order valence-corrected chi connectivity index (χ4v) is 3.71. The van der Waals surface area contributed by atoms with Crippen LogP contribution in [0.4, 0.5) is 0 Å². The van der Waals surface area contributed by atoms with Gasteiger partial charge < -0.3 is 9.73 Å². The van der Waals surface area contributed by atoms with Gasteiger partial charge in [-0.15, -0.1) is 0 Å². The van der Waals surface area contributed by atoms with Crippen LogP contribution in [-0.4, -0.2) is 16.9 Å². The first-order valence-corrected chi connectivity index (χ1v) is 9.85. The Hall–Kier alpha value is -2.10. The van der Waals surface area contributed by atoms with Crippen molar-refractivity contribution in [1.29, 1.82) is 0 Å². The summed E-state index contributed by atoms with van der Waals surface area (Å²) < 4.78 is 5.82. The molecular formula is C22H30N2O2. The SMILES string of the molecule is Cc1ccc(-c2nc(CCCC(=O)NC3CCCCC3C)c(C)o2)cc1. The number of amides is 1. The molecule has 1 N–H and O–H groups in total. The molecule has 1 heterocycles. The van der Waals surface area contributed by atoms with Gasteiger partial charge in [-0.25, -0.2) is 4.98 Å². The zero-order valence-electron chi connectivity index (χ0n) is 16.2. The molecule has 0 spiro atoms. The summed E-state index contributed by atoms with van der Waals surface area (Å²) in [5.41, 5.74) is 3.17. The Bertz CT molecular complexity index is 733. The summed E-state index contributed by atoms with van der Waals surface area (Å²) >= 11 is 0. The van der Waals surface area contributed by atoms with E-state index in [1.54, 1.807) is 0 Å². The molecule has 4 heteroatoms. The summed E-state index contributed by atoms with van der Waals surface area (Å²) in [7, 11) is 0. The average molecular weight is 354 g/mol. The fraction of sp³-hybridized carbons (Fsp3) is 0.545. The highest BCUT2D eigenvalue weighted by Gasteiger charge is 2.22. The van der Waals surface area contributed by atoms with Crippen LogP contribution >= 0.6 is 0 Å². The molecule has 1 aliphatic rings. The van der Waals surface area contributed by atoms with Crippen molar-refractivity contribution in [3.63, 3.8) is 0 Å². The van der Waals surface area contributed by atoms with Gasteiger partial charge in [0.1, 0.15) is 5.76 Å². The number of nitrogens with zero attached hydrogens (tertiary/aromatic N) is 1. The summed E-state index contributed by atoms with van der Waals surface area (Å²) in [6.07, 6.45) is 7.00. The van der Waals surface area contributed by atoms with Crippen molar-refractivity contribution in [2.45, 2.75) is 71.8 Å². The molecule has 1 aliphatic carbocycles. The number of rotatable bonds is 6. The molecule has 1 fully saturated rings. The van der Waals surface area contributed by atoms with Gasteiger partial charge in [0.05, 0.1) is 5.69 Å². The molecule has 0 saturated heterocycles. The zero-order chi connectivity index (χ0) is 18.5. The third-order valence-electron chi connectivity index (χ3n) is 5.47. The maximum Gasteiger partial charge on any atom is 0.226 e. The predicted octanol–water partition coefficient (Wildman–Crippen LogP) is 4.98. The van der Waals surface area contributed by atoms with Crippen LogP contribution in [-0.2, 0) is 11.2 Å². The molecule has 0 aliphatic heterocycles. The first-order chi connectivity index (χ1) is 12.5. The number of carbonyl (C=O) groups is 1. The lowest BCUT2D eigenvalue weighted by Gasteiger charge is -2.29. The van der Waals surface area contributed by atoms with Crippen LogP contribution in [0.2, 0.25) is 0 Å². The van der Waals surface area contributed by atoms with E-state index in [0.29, 0.717) is 24.3 Å². The van der Waals surface area contributed by atoms with Gasteiger partial charge in [0.25, 0.3) is 0 Å². The molecule has 0 bridgehead atoms. The normalized spacial score (nSPS) is 20.1. The third kappa shape index (κ3) is 4.75. The fourth-order valence-electron chi connectivity index (χ4n) is 3.71. The van der Waals surface area contributed by atoms with E-state index in [4.69, 9.17) is 4.42 Å². The highest BCUT2D eigenvalue weighted by molar-refractivity contribution is 5.76. The minimum atomic E-state index is 0.170. The number of nitrogens with one attached hydrogen (secondary N) is 1. The summed E-state index contributed by atoms with van der Waals surface area (Å²) in [6, 6.07) is 8.54. The monoisotopic (exact) mass is 354 g/mol. The molecular weight excluding hydrogens is 324 g/mol. The lowest BCUT2D eigenvalue weighted by Crippen LogP contribution is -2.40. The Morgan fingerprint density at radius 2 is 1.92 bits per heavy atom. The molecule has 1 aromatic carbocycles. The minimum absolute atomic E-state index is 0.170.